The highest BCUT2D eigenvalue weighted by atomic mass is 19.4. The first-order valence-electron chi connectivity index (χ1n) is 10.7. The molecule has 4 saturated carbocycles. The van der Waals surface area contributed by atoms with Crippen LogP contribution in [0.3, 0.4) is 0 Å². The summed E-state index contributed by atoms with van der Waals surface area (Å²) in [6.07, 6.45) is 3.09. The summed E-state index contributed by atoms with van der Waals surface area (Å²) in [6.45, 7) is 0.254. The lowest BCUT2D eigenvalue weighted by molar-refractivity contribution is -0.141. The van der Waals surface area contributed by atoms with E-state index in [0.29, 0.717) is 17.8 Å². The normalized spacial score (nSPS) is 33.1. The van der Waals surface area contributed by atoms with E-state index in [2.05, 4.69) is 15.3 Å². The fourth-order valence-corrected chi connectivity index (χ4v) is 6.45. The molecular formula is C21H25F3N4O2. The van der Waals surface area contributed by atoms with Crippen molar-refractivity contribution in [2.75, 3.05) is 18.4 Å². The topological polar surface area (TPSA) is 75.2 Å². The number of likely N-dealkylation sites (tertiary alicyclic amines) is 1. The minimum atomic E-state index is -4.77. The number of Topliss-reactive ketones (excluding diaryl/α,β-unsaturated/α-hetero) is 1. The lowest BCUT2D eigenvalue weighted by Crippen LogP contribution is -2.55. The zero-order chi connectivity index (χ0) is 21.1. The molecule has 0 unspecified atom stereocenters. The monoisotopic (exact) mass is 422 g/mol. The molecule has 162 valence electrons. The van der Waals surface area contributed by atoms with Crippen molar-refractivity contribution < 1.29 is 22.8 Å². The van der Waals surface area contributed by atoms with Crippen molar-refractivity contribution in [2.24, 2.45) is 17.8 Å². The molecule has 6 rings (SSSR count). The molecule has 30 heavy (non-hydrogen) atoms. The molecule has 1 aliphatic heterocycles. The van der Waals surface area contributed by atoms with Crippen LogP contribution in [0.25, 0.3) is 0 Å². The van der Waals surface area contributed by atoms with Gasteiger partial charge in [0.25, 0.3) is 5.91 Å². The van der Waals surface area contributed by atoms with Crippen molar-refractivity contribution in [3.8, 4) is 0 Å². The maximum atomic E-state index is 13.8. The Kier molecular flexibility index (Phi) is 4.56. The molecule has 1 amide bonds. The van der Waals surface area contributed by atoms with Crippen molar-refractivity contribution in [1.82, 2.24) is 14.9 Å². The number of carbonyl (C=O) groups excluding carboxylic acids is 2. The van der Waals surface area contributed by atoms with Crippen LogP contribution in [0.5, 0.6) is 0 Å². The molecule has 4 aliphatic carbocycles. The van der Waals surface area contributed by atoms with Crippen LogP contribution in [0, 0.1) is 17.8 Å². The van der Waals surface area contributed by atoms with Gasteiger partial charge in [0.2, 0.25) is 5.95 Å². The molecule has 0 spiro atoms. The Bertz CT molecular complexity index is 840. The van der Waals surface area contributed by atoms with Gasteiger partial charge in [-0.2, -0.15) is 13.2 Å². The number of nitrogens with zero attached hydrogens (tertiary/aromatic N) is 3. The number of rotatable bonds is 3. The molecule has 9 heteroatoms. The largest absolute Gasteiger partial charge is 0.434 e. The second-order valence-electron chi connectivity index (χ2n) is 9.61. The Morgan fingerprint density at radius 1 is 1.07 bits per heavy atom. The van der Waals surface area contributed by atoms with E-state index in [9.17, 15) is 22.8 Å². The number of anilines is 1. The number of piperidine rings is 1. The van der Waals surface area contributed by atoms with E-state index in [1.54, 1.807) is 0 Å². The van der Waals surface area contributed by atoms with Gasteiger partial charge in [-0.1, -0.05) is 0 Å². The number of nitrogens with one attached hydrogen (secondary N) is 1. The number of carbonyl (C=O) groups is 2. The van der Waals surface area contributed by atoms with Crippen molar-refractivity contribution in [3.05, 3.63) is 17.5 Å². The summed E-state index contributed by atoms with van der Waals surface area (Å²) in [5.41, 5.74) is -1.98. The van der Waals surface area contributed by atoms with Gasteiger partial charge in [0, 0.05) is 37.7 Å². The highest BCUT2D eigenvalue weighted by Gasteiger charge is 2.51. The predicted octanol–water partition coefficient (Wildman–Crippen LogP) is 3.68. The van der Waals surface area contributed by atoms with Crippen LogP contribution in [-0.2, 0) is 11.0 Å². The molecule has 2 heterocycles. The van der Waals surface area contributed by atoms with E-state index in [1.807, 2.05) is 0 Å². The van der Waals surface area contributed by atoms with Gasteiger partial charge in [-0.15, -0.1) is 0 Å². The average molecular weight is 422 g/mol. The SMILES string of the molecule is O=C1CCN(C(=O)c2cnc(NC34CC5CC(CC(C5)C3)C4)nc2C(F)(F)F)CC1. The molecule has 1 aromatic rings. The number of hydrogen-bond donors (Lipinski definition) is 1. The third kappa shape index (κ3) is 3.56. The zero-order valence-electron chi connectivity index (χ0n) is 16.7. The van der Waals surface area contributed by atoms with Gasteiger partial charge in [-0.25, -0.2) is 9.97 Å². The van der Waals surface area contributed by atoms with E-state index < -0.39 is 23.3 Å². The molecule has 0 aromatic carbocycles. The number of halogens is 3. The van der Waals surface area contributed by atoms with Gasteiger partial charge in [-0.05, 0) is 56.3 Å². The minimum absolute atomic E-state index is 0.0152. The molecule has 1 N–H and O–H groups in total. The van der Waals surface area contributed by atoms with Crippen molar-refractivity contribution >= 4 is 17.6 Å². The van der Waals surface area contributed by atoms with Crippen LogP contribution in [0.1, 0.15) is 67.4 Å². The number of amides is 1. The first-order chi connectivity index (χ1) is 14.2. The Morgan fingerprint density at radius 2 is 1.63 bits per heavy atom. The minimum Gasteiger partial charge on any atom is -0.349 e. The van der Waals surface area contributed by atoms with Gasteiger partial charge >= 0.3 is 6.18 Å². The van der Waals surface area contributed by atoms with Gasteiger partial charge < -0.3 is 10.2 Å². The lowest BCUT2D eigenvalue weighted by atomic mass is 9.53. The van der Waals surface area contributed by atoms with Crippen LogP contribution in [0.15, 0.2) is 6.20 Å². The molecule has 1 saturated heterocycles. The van der Waals surface area contributed by atoms with Gasteiger partial charge in [0.15, 0.2) is 5.69 Å². The standard InChI is InChI=1S/C21H25F3N4O2/c22-21(23,24)17-16(18(30)28-3-1-15(29)2-4-28)11-25-19(26-17)27-20-8-12-5-13(9-20)7-14(6-12)10-20/h11-14H,1-10H2,(H,25,26,27). The fraction of sp³-hybridized carbons (Fsp3) is 0.714. The second-order valence-corrected chi connectivity index (χ2v) is 9.61. The van der Waals surface area contributed by atoms with Gasteiger partial charge in [0.05, 0.1) is 5.56 Å². The Balaban J connectivity index is 1.41. The molecule has 0 atom stereocenters. The third-order valence-corrected chi connectivity index (χ3v) is 7.31. The van der Waals surface area contributed by atoms with Crippen molar-refractivity contribution in [3.63, 3.8) is 0 Å². The predicted molar refractivity (Wildman–Crippen MR) is 102 cm³/mol. The summed E-state index contributed by atoms with van der Waals surface area (Å²) in [5.74, 6) is 1.10. The van der Waals surface area contributed by atoms with Gasteiger partial charge in [0.1, 0.15) is 5.78 Å². The van der Waals surface area contributed by atoms with Crippen LogP contribution in [-0.4, -0.2) is 45.2 Å². The van der Waals surface area contributed by atoms with Crippen LogP contribution in [0.4, 0.5) is 19.1 Å². The highest BCUT2D eigenvalue weighted by molar-refractivity contribution is 5.96. The first kappa shape index (κ1) is 19.8. The number of alkyl halides is 3. The second kappa shape index (κ2) is 6.92. The van der Waals surface area contributed by atoms with E-state index >= 15 is 0 Å². The number of hydrogen-bond acceptors (Lipinski definition) is 5. The molecule has 0 radical (unpaired) electrons. The Morgan fingerprint density at radius 3 is 2.17 bits per heavy atom. The number of ketones is 1. The van der Waals surface area contributed by atoms with E-state index in [4.69, 9.17) is 0 Å². The van der Waals surface area contributed by atoms with Crippen LogP contribution in [0.2, 0.25) is 0 Å². The summed E-state index contributed by atoms with van der Waals surface area (Å²) < 4.78 is 41.3. The van der Waals surface area contributed by atoms with Crippen molar-refractivity contribution in [2.45, 2.75) is 63.1 Å². The van der Waals surface area contributed by atoms with E-state index in [0.717, 1.165) is 25.5 Å². The van der Waals surface area contributed by atoms with Crippen LogP contribution >= 0.6 is 0 Å². The maximum absolute atomic E-state index is 13.8. The summed E-state index contributed by atoms with van der Waals surface area (Å²) in [5, 5.41) is 3.26. The van der Waals surface area contributed by atoms with Gasteiger partial charge in [-0.3, -0.25) is 9.59 Å². The average Bonchev–Trinajstić information content (AvgIpc) is 2.66. The summed E-state index contributed by atoms with van der Waals surface area (Å²) in [6, 6.07) is 0. The Labute approximate surface area is 172 Å². The fourth-order valence-electron chi connectivity index (χ4n) is 6.45. The maximum Gasteiger partial charge on any atom is 0.434 e. The first-order valence-corrected chi connectivity index (χ1v) is 10.7. The number of aromatic nitrogens is 2. The van der Waals surface area contributed by atoms with Crippen molar-refractivity contribution in [1.29, 1.82) is 0 Å². The Hall–Kier alpha value is -2.19. The summed E-state index contributed by atoms with van der Waals surface area (Å²) in [7, 11) is 0. The summed E-state index contributed by atoms with van der Waals surface area (Å²) in [4.78, 5) is 33.3. The van der Waals surface area contributed by atoms with E-state index in [1.165, 1.54) is 24.2 Å². The molecule has 6 nitrogen and oxygen atoms in total. The van der Waals surface area contributed by atoms with Crippen LogP contribution < -0.4 is 5.32 Å². The smallest absolute Gasteiger partial charge is 0.349 e. The zero-order valence-corrected chi connectivity index (χ0v) is 16.7. The highest BCUT2D eigenvalue weighted by Crippen LogP contribution is 2.56. The molecule has 1 aromatic heterocycles. The summed E-state index contributed by atoms with van der Waals surface area (Å²) >= 11 is 0. The lowest BCUT2D eigenvalue weighted by Gasteiger charge is -2.56. The van der Waals surface area contributed by atoms with E-state index in [-0.39, 0.29) is 43.2 Å². The molecular weight excluding hydrogens is 397 g/mol. The quantitative estimate of drug-likeness (QED) is 0.804. The third-order valence-electron chi connectivity index (χ3n) is 7.31. The molecule has 5 fully saturated rings. The molecule has 4 bridgehead atoms. The molecule has 5 aliphatic rings.